The van der Waals surface area contributed by atoms with Crippen molar-refractivity contribution in [1.29, 1.82) is 0 Å². The predicted octanol–water partition coefficient (Wildman–Crippen LogP) is 1.99. The van der Waals surface area contributed by atoms with Crippen LogP contribution in [-0.4, -0.2) is 30.6 Å². The third-order valence-electron chi connectivity index (χ3n) is 2.53. The molecule has 2 N–H and O–H groups in total. The van der Waals surface area contributed by atoms with E-state index in [4.69, 9.17) is 9.84 Å². The van der Waals surface area contributed by atoms with Gasteiger partial charge in [-0.25, -0.2) is 0 Å². The molecule has 1 unspecified atom stereocenters. The number of hydrogen-bond donors (Lipinski definition) is 2. The lowest BCUT2D eigenvalue weighted by atomic mass is 10.0. The summed E-state index contributed by atoms with van der Waals surface area (Å²) in [7, 11) is 1.53. The molecule has 0 aliphatic carbocycles. The van der Waals surface area contributed by atoms with E-state index >= 15 is 0 Å². The van der Waals surface area contributed by atoms with Crippen LogP contribution in [0.1, 0.15) is 29.4 Å². The zero-order valence-corrected chi connectivity index (χ0v) is 11.3. The minimum atomic E-state index is -0.874. The largest absolute Gasteiger partial charge is 0.496 e. The monoisotopic (exact) mass is 271 g/mol. The summed E-state index contributed by atoms with van der Waals surface area (Å²) in [6.07, 6.45) is 1.34. The highest BCUT2D eigenvalue weighted by molar-refractivity contribution is 7.12. The van der Waals surface area contributed by atoms with Crippen LogP contribution in [0.3, 0.4) is 0 Å². The van der Waals surface area contributed by atoms with Crippen molar-refractivity contribution in [2.75, 3.05) is 13.7 Å². The molecular formula is C12H17NO4S. The number of hydrogen-bond acceptors (Lipinski definition) is 4. The minimum Gasteiger partial charge on any atom is -0.496 e. The highest BCUT2D eigenvalue weighted by Gasteiger charge is 2.18. The molecule has 0 radical (unpaired) electrons. The third kappa shape index (κ3) is 4.03. The van der Waals surface area contributed by atoms with E-state index in [0.29, 0.717) is 17.0 Å². The van der Waals surface area contributed by atoms with Crippen molar-refractivity contribution in [2.45, 2.75) is 19.8 Å². The Morgan fingerprint density at radius 2 is 2.28 bits per heavy atom. The smallest absolute Gasteiger partial charge is 0.308 e. The Bertz CT molecular complexity index is 416. The lowest BCUT2D eigenvalue weighted by Crippen LogP contribution is -2.32. The van der Waals surface area contributed by atoms with E-state index in [1.54, 1.807) is 11.4 Å². The summed E-state index contributed by atoms with van der Waals surface area (Å²) in [5.41, 5.74) is 0. The van der Waals surface area contributed by atoms with Gasteiger partial charge in [0, 0.05) is 18.0 Å². The van der Waals surface area contributed by atoms with Gasteiger partial charge in [0.2, 0.25) is 0 Å². The highest BCUT2D eigenvalue weighted by Crippen LogP contribution is 2.20. The minimum absolute atomic E-state index is 0.155. The van der Waals surface area contributed by atoms with Crippen molar-refractivity contribution < 1.29 is 19.4 Å². The number of carboxylic acid groups (broad SMARTS) is 1. The average Bonchev–Trinajstić information content (AvgIpc) is 2.82. The molecular weight excluding hydrogens is 254 g/mol. The molecule has 1 atom stereocenters. The number of thiophene rings is 1. The predicted molar refractivity (Wildman–Crippen MR) is 69.2 cm³/mol. The number of carboxylic acids is 1. The van der Waals surface area contributed by atoms with Crippen LogP contribution in [0.2, 0.25) is 0 Å². The maximum atomic E-state index is 11.8. The standard InChI is InChI=1S/C12H17NO4S/c1-3-4-8(12(15)16)6-13-11(14)10-5-9(17-2)7-18-10/h5,7-8H,3-4,6H2,1-2H3,(H,13,14)(H,15,16). The normalized spacial score (nSPS) is 11.9. The molecule has 1 amide bonds. The Morgan fingerprint density at radius 1 is 1.56 bits per heavy atom. The maximum absolute atomic E-state index is 11.8. The van der Waals surface area contributed by atoms with Crippen molar-refractivity contribution >= 4 is 23.2 Å². The first-order chi connectivity index (χ1) is 8.58. The summed E-state index contributed by atoms with van der Waals surface area (Å²) in [5.74, 6) is -1.03. The number of carbonyl (C=O) groups excluding carboxylic acids is 1. The number of carbonyl (C=O) groups is 2. The van der Waals surface area contributed by atoms with Crippen molar-refractivity contribution in [3.8, 4) is 5.75 Å². The fourth-order valence-electron chi connectivity index (χ4n) is 1.51. The third-order valence-corrected chi connectivity index (χ3v) is 3.44. The van der Waals surface area contributed by atoms with Gasteiger partial charge >= 0.3 is 5.97 Å². The van der Waals surface area contributed by atoms with Gasteiger partial charge in [0.1, 0.15) is 5.75 Å². The van der Waals surface area contributed by atoms with E-state index in [-0.39, 0.29) is 12.5 Å². The zero-order chi connectivity index (χ0) is 13.5. The van der Waals surface area contributed by atoms with Crippen molar-refractivity contribution in [1.82, 2.24) is 5.32 Å². The van der Waals surface area contributed by atoms with Gasteiger partial charge in [-0.05, 0) is 6.42 Å². The molecule has 1 heterocycles. The first kappa shape index (κ1) is 14.5. The summed E-state index contributed by atoms with van der Waals surface area (Å²) in [4.78, 5) is 23.2. The zero-order valence-electron chi connectivity index (χ0n) is 10.4. The van der Waals surface area contributed by atoms with Gasteiger partial charge in [-0.3, -0.25) is 9.59 Å². The Morgan fingerprint density at radius 3 is 2.78 bits per heavy atom. The van der Waals surface area contributed by atoms with Gasteiger partial charge < -0.3 is 15.2 Å². The van der Waals surface area contributed by atoms with Gasteiger partial charge in [0.05, 0.1) is 17.9 Å². The molecule has 1 aromatic heterocycles. The van der Waals surface area contributed by atoms with Crippen LogP contribution in [-0.2, 0) is 4.79 Å². The Kier molecular flexibility index (Phi) is 5.64. The number of methoxy groups -OCH3 is 1. The molecule has 0 aliphatic heterocycles. The SMILES string of the molecule is CCCC(CNC(=O)c1cc(OC)cs1)C(=O)O. The maximum Gasteiger partial charge on any atom is 0.308 e. The quantitative estimate of drug-likeness (QED) is 0.795. The molecule has 18 heavy (non-hydrogen) atoms. The van der Waals surface area contributed by atoms with E-state index in [9.17, 15) is 9.59 Å². The van der Waals surface area contributed by atoms with Crippen LogP contribution < -0.4 is 10.1 Å². The number of nitrogens with one attached hydrogen (secondary N) is 1. The van der Waals surface area contributed by atoms with E-state index in [1.807, 2.05) is 6.92 Å². The Balaban J connectivity index is 2.51. The van der Waals surface area contributed by atoms with Gasteiger partial charge in [0.15, 0.2) is 0 Å². The topological polar surface area (TPSA) is 75.6 Å². The van der Waals surface area contributed by atoms with Crippen LogP contribution in [0.5, 0.6) is 5.75 Å². The van der Waals surface area contributed by atoms with E-state index < -0.39 is 11.9 Å². The first-order valence-electron chi connectivity index (χ1n) is 5.72. The Hall–Kier alpha value is -1.56. The van der Waals surface area contributed by atoms with Crippen LogP contribution >= 0.6 is 11.3 Å². The summed E-state index contributed by atoms with van der Waals surface area (Å²) in [6.45, 7) is 2.07. The van der Waals surface area contributed by atoms with Gasteiger partial charge in [-0.1, -0.05) is 13.3 Å². The van der Waals surface area contributed by atoms with Gasteiger partial charge in [-0.15, -0.1) is 11.3 Å². The van der Waals surface area contributed by atoms with E-state index in [0.717, 1.165) is 6.42 Å². The van der Waals surface area contributed by atoms with Crippen LogP contribution in [0.4, 0.5) is 0 Å². The summed E-state index contributed by atoms with van der Waals surface area (Å²) >= 11 is 1.27. The lowest BCUT2D eigenvalue weighted by molar-refractivity contribution is -0.141. The molecule has 0 aromatic carbocycles. The molecule has 0 saturated carbocycles. The first-order valence-corrected chi connectivity index (χ1v) is 6.60. The van der Waals surface area contributed by atoms with Crippen molar-refractivity contribution in [3.63, 3.8) is 0 Å². The molecule has 0 spiro atoms. The van der Waals surface area contributed by atoms with Crippen molar-refractivity contribution in [3.05, 3.63) is 16.3 Å². The molecule has 100 valence electrons. The molecule has 6 heteroatoms. The second-order valence-corrected chi connectivity index (χ2v) is 4.80. The summed E-state index contributed by atoms with van der Waals surface area (Å²) in [6, 6.07) is 1.63. The summed E-state index contributed by atoms with van der Waals surface area (Å²) < 4.78 is 4.98. The molecule has 0 aliphatic rings. The second-order valence-electron chi connectivity index (χ2n) is 3.88. The second kappa shape index (κ2) is 7.00. The molecule has 0 fully saturated rings. The molecule has 1 aromatic rings. The number of amides is 1. The number of rotatable bonds is 7. The molecule has 0 bridgehead atoms. The van der Waals surface area contributed by atoms with E-state index in [1.165, 1.54) is 18.4 Å². The molecule has 1 rings (SSSR count). The molecule has 5 nitrogen and oxygen atoms in total. The van der Waals surface area contributed by atoms with Gasteiger partial charge in [0.25, 0.3) is 5.91 Å². The van der Waals surface area contributed by atoms with Gasteiger partial charge in [-0.2, -0.15) is 0 Å². The fraction of sp³-hybridized carbons (Fsp3) is 0.500. The van der Waals surface area contributed by atoms with E-state index in [2.05, 4.69) is 5.32 Å². The van der Waals surface area contributed by atoms with Crippen LogP contribution in [0.15, 0.2) is 11.4 Å². The summed E-state index contributed by atoms with van der Waals surface area (Å²) in [5, 5.41) is 13.3. The Labute approximate surface area is 110 Å². The highest BCUT2D eigenvalue weighted by atomic mass is 32.1. The van der Waals surface area contributed by atoms with Crippen LogP contribution in [0, 0.1) is 5.92 Å². The van der Waals surface area contributed by atoms with Crippen molar-refractivity contribution in [2.24, 2.45) is 5.92 Å². The lowest BCUT2D eigenvalue weighted by Gasteiger charge is -2.11. The van der Waals surface area contributed by atoms with Crippen LogP contribution in [0.25, 0.3) is 0 Å². The fourth-order valence-corrected chi connectivity index (χ4v) is 2.28. The average molecular weight is 271 g/mol. The number of aliphatic carboxylic acids is 1. The number of ether oxygens (including phenoxy) is 1. The molecule has 0 saturated heterocycles.